The first-order chi connectivity index (χ1) is 25.1. The molecule has 0 saturated carbocycles. The molecule has 51 heavy (non-hydrogen) atoms. The van der Waals surface area contributed by atoms with Crippen LogP contribution < -0.4 is 0 Å². The van der Waals surface area contributed by atoms with Crippen molar-refractivity contribution in [3.63, 3.8) is 0 Å². The second-order valence-electron chi connectivity index (χ2n) is 14.0. The predicted molar refractivity (Wildman–Crippen MR) is 209 cm³/mol. The Morgan fingerprint density at radius 1 is 0.490 bits per heavy atom. The third-order valence-corrected chi connectivity index (χ3v) is 15.3. The fourth-order valence-electron chi connectivity index (χ4n) is 7.99. The van der Waals surface area contributed by atoms with Crippen LogP contribution in [0.5, 0.6) is 0 Å². The van der Waals surface area contributed by atoms with Crippen LogP contribution in [0.1, 0.15) is 104 Å². The van der Waals surface area contributed by atoms with Gasteiger partial charge in [-0.15, -0.1) is 0 Å². The summed E-state index contributed by atoms with van der Waals surface area (Å²) in [5, 5.41) is 0. The summed E-state index contributed by atoms with van der Waals surface area (Å²) >= 11 is -1.31. The van der Waals surface area contributed by atoms with Crippen molar-refractivity contribution in [1.29, 1.82) is 0 Å². The summed E-state index contributed by atoms with van der Waals surface area (Å²) in [6.45, 7) is 8.84. The van der Waals surface area contributed by atoms with Crippen molar-refractivity contribution >= 4 is 23.3 Å². The van der Waals surface area contributed by atoms with E-state index < -0.39 is 23.2 Å². The fourth-order valence-corrected chi connectivity index (χ4v) is 12.9. The maximum atomic E-state index is 6.56. The van der Waals surface area contributed by atoms with E-state index in [-0.39, 0.29) is 0 Å². The molecule has 0 N–H and O–H groups in total. The Bertz CT molecular complexity index is 2060. The molecule has 2 unspecified atom stereocenters. The first-order valence-corrected chi connectivity index (χ1v) is 21.7. The quantitative estimate of drug-likeness (QED) is 0.125. The molecule has 0 radical (unpaired) electrons. The SMILES string of the molecule is CCCc1ccc(-c2cccc3c2C=C(c2ccc(CC)o2)[CH]3[Zr][CH]2C(c3ccc(CC)o3)=Cc3c(-c4ccc(CCC)cc4)cccc32)cc1. The van der Waals surface area contributed by atoms with Crippen molar-refractivity contribution in [2.24, 2.45) is 0 Å². The van der Waals surface area contributed by atoms with Crippen molar-refractivity contribution in [2.75, 3.05) is 0 Å². The van der Waals surface area contributed by atoms with Crippen LogP contribution in [0, 0.1) is 0 Å². The molecule has 2 aliphatic carbocycles. The topological polar surface area (TPSA) is 26.3 Å². The minimum absolute atomic E-state index is 0.329. The molecule has 0 amide bonds. The molecule has 0 aliphatic heterocycles. The number of rotatable bonds is 12. The summed E-state index contributed by atoms with van der Waals surface area (Å²) in [5.41, 5.74) is 16.3. The van der Waals surface area contributed by atoms with Gasteiger partial charge >= 0.3 is 317 Å². The van der Waals surface area contributed by atoms with Gasteiger partial charge in [-0.2, -0.15) is 0 Å². The van der Waals surface area contributed by atoms with Gasteiger partial charge in [-0.3, -0.25) is 0 Å². The van der Waals surface area contributed by atoms with Gasteiger partial charge in [0.1, 0.15) is 0 Å². The van der Waals surface area contributed by atoms with Gasteiger partial charge in [0.2, 0.25) is 0 Å². The van der Waals surface area contributed by atoms with Crippen LogP contribution in [-0.4, -0.2) is 0 Å². The third-order valence-electron chi connectivity index (χ3n) is 10.7. The van der Waals surface area contributed by atoms with Gasteiger partial charge in [0, 0.05) is 0 Å². The molecular weight excluding hydrogens is 700 g/mol. The summed E-state index contributed by atoms with van der Waals surface area (Å²) in [4.78, 5) is 0. The Morgan fingerprint density at radius 2 is 0.922 bits per heavy atom. The van der Waals surface area contributed by atoms with Crippen molar-refractivity contribution in [1.82, 2.24) is 0 Å². The van der Waals surface area contributed by atoms with Gasteiger partial charge in [-0.25, -0.2) is 0 Å². The van der Waals surface area contributed by atoms with Gasteiger partial charge in [-0.1, -0.05) is 0 Å². The normalized spacial score (nSPS) is 16.2. The Morgan fingerprint density at radius 3 is 1.29 bits per heavy atom. The zero-order valence-corrected chi connectivity index (χ0v) is 32.7. The van der Waals surface area contributed by atoms with E-state index in [1.807, 2.05) is 0 Å². The molecule has 2 heterocycles. The monoisotopic (exact) mass is 744 g/mol. The molecule has 3 heteroatoms. The van der Waals surface area contributed by atoms with Crippen molar-refractivity contribution in [2.45, 2.75) is 73.5 Å². The second-order valence-corrected chi connectivity index (χ2v) is 17.6. The summed E-state index contributed by atoms with van der Waals surface area (Å²) in [5.74, 6) is 4.13. The molecule has 0 bridgehead atoms. The van der Waals surface area contributed by atoms with E-state index in [4.69, 9.17) is 8.83 Å². The summed E-state index contributed by atoms with van der Waals surface area (Å²) < 4.78 is 13.8. The zero-order chi connectivity index (χ0) is 34.9. The average molecular weight is 746 g/mol. The summed E-state index contributed by atoms with van der Waals surface area (Å²) in [6.07, 6.45) is 11.3. The predicted octanol–water partition coefficient (Wildman–Crippen LogP) is 13.2. The van der Waals surface area contributed by atoms with Crippen LogP contribution in [0.4, 0.5) is 0 Å². The van der Waals surface area contributed by atoms with Gasteiger partial charge in [0.15, 0.2) is 0 Å². The van der Waals surface area contributed by atoms with E-state index in [2.05, 4.69) is 149 Å². The zero-order valence-electron chi connectivity index (χ0n) is 30.3. The molecule has 0 saturated heterocycles. The molecule has 254 valence electrons. The molecule has 0 fully saturated rings. The van der Waals surface area contributed by atoms with Crippen LogP contribution in [0.15, 0.2) is 118 Å². The Kier molecular flexibility index (Phi) is 9.85. The third kappa shape index (κ3) is 6.55. The first kappa shape index (κ1) is 33.9. The van der Waals surface area contributed by atoms with Crippen LogP contribution in [0.3, 0.4) is 0 Å². The minimum atomic E-state index is -1.31. The van der Waals surface area contributed by atoms with E-state index in [1.165, 1.54) is 66.8 Å². The molecule has 8 rings (SSSR count). The number of furan rings is 2. The molecule has 2 nitrogen and oxygen atoms in total. The van der Waals surface area contributed by atoms with Gasteiger partial charge in [0.25, 0.3) is 0 Å². The van der Waals surface area contributed by atoms with E-state index in [0.29, 0.717) is 7.25 Å². The van der Waals surface area contributed by atoms with Crippen LogP contribution in [-0.2, 0) is 48.9 Å². The van der Waals surface area contributed by atoms with Crippen LogP contribution in [0.2, 0.25) is 0 Å². The first-order valence-electron chi connectivity index (χ1n) is 18.9. The van der Waals surface area contributed by atoms with Crippen LogP contribution >= 0.6 is 0 Å². The molecule has 2 aliphatic rings. The molecule has 6 aromatic rings. The molecule has 0 spiro atoms. The van der Waals surface area contributed by atoms with Gasteiger partial charge < -0.3 is 0 Å². The maximum absolute atomic E-state index is 6.56. The summed E-state index contributed by atoms with van der Waals surface area (Å²) in [6, 6.07) is 41.2. The molecule has 2 atom stereocenters. The Hall–Kier alpha value is -4.20. The van der Waals surface area contributed by atoms with E-state index in [9.17, 15) is 0 Å². The second kappa shape index (κ2) is 14.8. The number of fused-ring (bicyclic) bond motifs is 2. The number of hydrogen-bond donors (Lipinski definition) is 0. The van der Waals surface area contributed by atoms with E-state index in [0.717, 1.165) is 61.6 Å². The number of allylic oxidation sites excluding steroid dienone is 2. The van der Waals surface area contributed by atoms with Crippen molar-refractivity contribution in [3.05, 3.63) is 166 Å². The molecule has 2 aromatic heterocycles. The van der Waals surface area contributed by atoms with E-state index >= 15 is 0 Å². The van der Waals surface area contributed by atoms with Gasteiger partial charge in [-0.05, 0) is 0 Å². The van der Waals surface area contributed by atoms with Crippen LogP contribution in [0.25, 0.3) is 45.6 Å². The van der Waals surface area contributed by atoms with Crippen molar-refractivity contribution < 1.29 is 32.1 Å². The van der Waals surface area contributed by atoms with Crippen molar-refractivity contribution in [3.8, 4) is 22.3 Å². The van der Waals surface area contributed by atoms with Gasteiger partial charge in [0.05, 0.1) is 0 Å². The number of benzene rings is 4. The molecular formula is C48H46O2Zr. The standard InChI is InChI=1S/2C24H23O.Zr/c2*1-3-6-17-9-11-18(12-10-17)22-8-5-7-19-15-20(16-23(19)22)24-14-13-21(4-2)25-24;/h2*5,7-16H,3-4,6H2,1-2H3;. The fraction of sp³-hybridized carbons (Fsp3) is 0.250. The Balaban J connectivity index is 1.24. The summed E-state index contributed by atoms with van der Waals surface area (Å²) in [7, 11) is 0. The number of hydrogen-bond acceptors (Lipinski definition) is 2. The average Bonchev–Trinajstić information content (AvgIpc) is 3.98. The number of aryl methyl sites for hydroxylation is 4. The molecule has 4 aromatic carbocycles. The van der Waals surface area contributed by atoms with E-state index in [1.54, 1.807) is 0 Å². The Labute approximate surface area is 314 Å².